The van der Waals surface area contributed by atoms with Crippen molar-refractivity contribution in [2.24, 2.45) is 11.7 Å². The Morgan fingerprint density at radius 3 is 2.32 bits per heavy atom. The summed E-state index contributed by atoms with van der Waals surface area (Å²) >= 11 is 0. The minimum absolute atomic E-state index is 0.0984. The van der Waals surface area contributed by atoms with Gasteiger partial charge in [0.1, 0.15) is 17.9 Å². The molecule has 5 N–H and O–H groups in total. The lowest BCUT2D eigenvalue weighted by molar-refractivity contribution is -0.142. The molecule has 0 spiro atoms. The zero-order valence-corrected chi connectivity index (χ0v) is 19.1. The van der Waals surface area contributed by atoms with Crippen molar-refractivity contribution in [3.8, 4) is 11.3 Å². The van der Waals surface area contributed by atoms with Crippen LogP contribution >= 0.6 is 0 Å². The summed E-state index contributed by atoms with van der Waals surface area (Å²) in [5.74, 6) is -2.32. The molecule has 0 atom stereocenters. The number of hydrogen-bond donors (Lipinski definition) is 4. The molecular formula is C23H28N6O5. The number of amides is 2. The van der Waals surface area contributed by atoms with E-state index in [4.69, 9.17) is 16.2 Å². The summed E-state index contributed by atoms with van der Waals surface area (Å²) in [5, 5.41) is 23.8. The fraction of sp³-hybridized carbons (Fsp3) is 0.391. The number of benzene rings is 1. The minimum atomic E-state index is -0.840. The van der Waals surface area contributed by atoms with Gasteiger partial charge in [0.25, 0.3) is 11.5 Å². The Morgan fingerprint density at radius 1 is 1.18 bits per heavy atom. The maximum atomic E-state index is 13.0. The molecule has 180 valence electrons. The zero-order valence-electron chi connectivity index (χ0n) is 19.1. The fourth-order valence-electron chi connectivity index (χ4n) is 3.79. The van der Waals surface area contributed by atoms with Gasteiger partial charge in [-0.1, -0.05) is 24.3 Å². The Kier molecular flexibility index (Phi) is 7.44. The van der Waals surface area contributed by atoms with Crippen LogP contribution in [0.2, 0.25) is 0 Å². The smallest absolute Gasteiger partial charge is 0.306 e. The summed E-state index contributed by atoms with van der Waals surface area (Å²) in [6.45, 7) is -0.338. The number of nitrogens with two attached hydrogens (primary N) is 1. The molecule has 0 bridgehead atoms. The number of aromatic nitrogens is 2. The van der Waals surface area contributed by atoms with Crippen molar-refractivity contribution in [2.75, 3.05) is 14.1 Å². The Hall–Kier alpha value is -4.02. The van der Waals surface area contributed by atoms with Gasteiger partial charge in [0.05, 0.1) is 11.6 Å². The van der Waals surface area contributed by atoms with Crippen LogP contribution in [0.4, 0.5) is 0 Å². The first-order chi connectivity index (χ1) is 16.1. The van der Waals surface area contributed by atoms with E-state index in [9.17, 15) is 19.2 Å². The van der Waals surface area contributed by atoms with Crippen molar-refractivity contribution < 1.29 is 19.5 Å². The molecule has 0 aliphatic heterocycles. The Morgan fingerprint density at radius 2 is 1.79 bits per heavy atom. The predicted molar refractivity (Wildman–Crippen MR) is 124 cm³/mol. The second-order valence-electron chi connectivity index (χ2n) is 8.55. The van der Waals surface area contributed by atoms with Gasteiger partial charge in [-0.25, -0.2) is 4.68 Å². The van der Waals surface area contributed by atoms with Crippen molar-refractivity contribution in [1.29, 1.82) is 5.41 Å². The average Bonchev–Trinajstić information content (AvgIpc) is 2.80. The lowest BCUT2D eigenvalue weighted by atomic mass is 9.86. The van der Waals surface area contributed by atoms with Crippen LogP contribution in [0.5, 0.6) is 0 Å². The van der Waals surface area contributed by atoms with Gasteiger partial charge < -0.3 is 21.1 Å². The highest BCUT2D eigenvalue weighted by Crippen LogP contribution is 2.25. The maximum Gasteiger partial charge on any atom is 0.306 e. The van der Waals surface area contributed by atoms with E-state index in [1.807, 2.05) is 0 Å². The fourth-order valence-corrected chi connectivity index (χ4v) is 3.79. The van der Waals surface area contributed by atoms with Gasteiger partial charge in [-0.2, -0.15) is 5.10 Å². The molecule has 11 nitrogen and oxygen atoms in total. The number of carboxylic acid groups (broad SMARTS) is 1. The number of carboxylic acids is 1. The molecule has 0 unspecified atom stereocenters. The van der Waals surface area contributed by atoms with Crippen molar-refractivity contribution >= 4 is 23.6 Å². The van der Waals surface area contributed by atoms with Gasteiger partial charge >= 0.3 is 5.97 Å². The molecule has 1 saturated carbocycles. The molecule has 1 aliphatic carbocycles. The minimum Gasteiger partial charge on any atom is -0.481 e. The summed E-state index contributed by atoms with van der Waals surface area (Å²) in [6.07, 6.45) is 1.90. The lowest BCUT2D eigenvalue weighted by Crippen LogP contribution is -2.42. The van der Waals surface area contributed by atoms with Crippen LogP contribution < -0.4 is 16.6 Å². The number of nitrogens with zero attached hydrogens (tertiary/aromatic N) is 3. The Balaban J connectivity index is 1.93. The molecule has 1 fully saturated rings. The maximum absolute atomic E-state index is 13.0. The van der Waals surface area contributed by atoms with Gasteiger partial charge in [0, 0.05) is 31.3 Å². The molecule has 1 heterocycles. The summed E-state index contributed by atoms with van der Waals surface area (Å²) < 4.78 is 0.965. The molecule has 11 heteroatoms. The summed E-state index contributed by atoms with van der Waals surface area (Å²) in [7, 11) is 3.11. The van der Waals surface area contributed by atoms with Crippen LogP contribution in [0.25, 0.3) is 11.3 Å². The number of nitrogens with one attached hydrogen (secondary N) is 2. The highest BCUT2D eigenvalue weighted by Gasteiger charge is 2.28. The molecule has 1 aromatic heterocycles. The number of rotatable bonds is 7. The number of aliphatic carboxylic acids is 1. The monoisotopic (exact) mass is 468 g/mol. The quantitative estimate of drug-likeness (QED) is 0.341. The van der Waals surface area contributed by atoms with Crippen LogP contribution in [-0.4, -0.2) is 63.5 Å². The second-order valence-corrected chi connectivity index (χ2v) is 8.55. The Bertz CT molecular complexity index is 1160. The topological polar surface area (TPSA) is 171 Å². The lowest BCUT2D eigenvalue weighted by Gasteiger charge is -2.26. The molecule has 3 rings (SSSR count). The molecule has 1 aromatic carbocycles. The summed E-state index contributed by atoms with van der Waals surface area (Å²) in [6, 6.07) is 7.71. The third-order valence-electron chi connectivity index (χ3n) is 5.91. The third kappa shape index (κ3) is 5.66. The molecule has 2 aromatic rings. The average molecular weight is 469 g/mol. The zero-order chi connectivity index (χ0) is 25.0. The largest absolute Gasteiger partial charge is 0.481 e. The molecule has 0 radical (unpaired) electrons. The molecular weight excluding hydrogens is 440 g/mol. The van der Waals surface area contributed by atoms with E-state index < -0.39 is 23.4 Å². The first-order valence-electron chi connectivity index (χ1n) is 10.9. The van der Waals surface area contributed by atoms with Gasteiger partial charge in [0.2, 0.25) is 5.91 Å². The van der Waals surface area contributed by atoms with E-state index in [1.54, 1.807) is 38.4 Å². The van der Waals surface area contributed by atoms with Crippen molar-refractivity contribution in [3.05, 3.63) is 51.8 Å². The van der Waals surface area contributed by atoms with Gasteiger partial charge in [-0.05, 0) is 31.7 Å². The second kappa shape index (κ2) is 10.3. The first kappa shape index (κ1) is 24.6. The van der Waals surface area contributed by atoms with E-state index in [-0.39, 0.29) is 29.9 Å². The highest BCUT2D eigenvalue weighted by molar-refractivity contribution is 5.96. The predicted octanol–water partition coefficient (Wildman–Crippen LogP) is 0.656. The number of likely N-dealkylation sites (N-methyl/N-ethyl adjacent to an activating group) is 1. The number of amidine groups is 1. The van der Waals surface area contributed by atoms with Crippen molar-refractivity contribution in [2.45, 2.75) is 38.3 Å². The van der Waals surface area contributed by atoms with Crippen LogP contribution in [0.15, 0.2) is 35.1 Å². The number of nitrogen functional groups attached to an aromatic ring is 1. The van der Waals surface area contributed by atoms with Gasteiger partial charge in [-0.15, -0.1) is 0 Å². The molecule has 0 saturated heterocycles. The van der Waals surface area contributed by atoms with Crippen LogP contribution in [0.1, 0.15) is 41.6 Å². The van der Waals surface area contributed by atoms with E-state index in [2.05, 4.69) is 10.4 Å². The normalized spacial score (nSPS) is 17.6. The van der Waals surface area contributed by atoms with Crippen molar-refractivity contribution in [3.63, 3.8) is 0 Å². The van der Waals surface area contributed by atoms with E-state index in [1.165, 1.54) is 11.0 Å². The molecule has 1 aliphatic rings. The molecule has 34 heavy (non-hydrogen) atoms. The standard InChI is InChI=1S/C23H28N6O5/c1-28(2)19(30)12-29-22(32)17(21(31)26-16-9-7-15(8-10-16)23(33)34)11-18(27-29)13-3-5-14(6-4-13)20(24)25/h3-6,11,15-16H,7-10,12H2,1-2H3,(H3,24,25)(H,26,31)(H,33,34). The third-order valence-corrected chi connectivity index (χ3v) is 5.91. The van der Waals surface area contributed by atoms with E-state index in [0.29, 0.717) is 42.5 Å². The van der Waals surface area contributed by atoms with Crippen LogP contribution in [0.3, 0.4) is 0 Å². The number of carbonyl (C=O) groups excluding carboxylic acids is 2. The molecule has 2 amide bonds. The first-order valence-corrected chi connectivity index (χ1v) is 10.9. The number of hydrogen-bond acceptors (Lipinski definition) is 6. The van der Waals surface area contributed by atoms with Gasteiger partial charge in [0.15, 0.2) is 0 Å². The highest BCUT2D eigenvalue weighted by atomic mass is 16.4. The van der Waals surface area contributed by atoms with Gasteiger partial charge in [-0.3, -0.25) is 24.6 Å². The van der Waals surface area contributed by atoms with Crippen LogP contribution in [-0.2, 0) is 16.1 Å². The van der Waals surface area contributed by atoms with Crippen LogP contribution in [0, 0.1) is 11.3 Å². The Labute approximate surface area is 196 Å². The summed E-state index contributed by atoms with van der Waals surface area (Å²) in [5.41, 5.74) is 6.04. The number of carbonyl (C=O) groups is 3. The summed E-state index contributed by atoms with van der Waals surface area (Å²) in [4.78, 5) is 50.8. The SMILES string of the molecule is CN(C)C(=O)Cn1nc(-c2ccc(C(=N)N)cc2)cc(C(=O)NC2CCC(C(=O)O)CC2)c1=O. The van der Waals surface area contributed by atoms with E-state index >= 15 is 0 Å². The van der Waals surface area contributed by atoms with Crippen molar-refractivity contribution in [1.82, 2.24) is 20.0 Å². The van der Waals surface area contributed by atoms with E-state index in [0.717, 1.165) is 4.68 Å².